The van der Waals surface area contributed by atoms with E-state index in [4.69, 9.17) is 0 Å². The van der Waals surface area contributed by atoms with Crippen molar-refractivity contribution < 1.29 is 9.18 Å². The first kappa shape index (κ1) is 19.5. The van der Waals surface area contributed by atoms with E-state index in [0.29, 0.717) is 17.8 Å². The third kappa shape index (κ3) is 4.33. The highest BCUT2D eigenvalue weighted by Gasteiger charge is 2.16. The summed E-state index contributed by atoms with van der Waals surface area (Å²) in [5.41, 5.74) is 2.22. The van der Waals surface area contributed by atoms with Gasteiger partial charge in [-0.15, -0.1) is 0 Å². The Bertz CT molecular complexity index is 1070. The molecule has 0 aliphatic carbocycles. The number of aromatic nitrogens is 4. The van der Waals surface area contributed by atoms with Gasteiger partial charge in [-0.2, -0.15) is 5.10 Å². The summed E-state index contributed by atoms with van der Waals surface area (Å²) in [7, 11) is 0. The van der Waals surface area contributed by atoms with Crippen molar-refractivity contribution in [3.8, 4) is 5.95 Å². The fourth-order valence-corrected chi connectivity index (χ4v) is 2.98. The molecule has 1 amide bonds. The number of anilines is 1. The average molecular weight is 383 g/mol. The second-order valence-corrected chi connectivity index (χ2v) is 6.62. The second kappa shape index (κ2) is 8.16. The standard InChI is InChI=1S/C20H22FN5O2/c1-4-6-16-11-19(28)25(20(23-16)26-14(3)9-13(2)24-26)12-18(27)22-17-8-5-7-15(21)10-17/h5,7-11H,4,6,12H2,1-3H3,(H,22,27). The van der Waals surface area contributed by atoms with Crippen molar-refractivity contribution in [3.05, 3.63) is 69.7 Å². The summed E-state index contributed by atoms with van der Waals surface area (Å²) in [6, 6.07) is 8.89. The number of carbonyl (C=O) groups is 1. The molecule has 8 heteroatoms. The average Bonchev–Trinajstić information content (AvgIpc) is 2.95. The number of nitrogens with zero attached hydrogens (tertiary/aromatic N) is 4. The Morgan fingerprint density at radius 1 is 1.21 bits per heavy atom. The van der Waals surface area contributed by atoms with Crippen LogP contribution in [0, 0.1) is 19.7 Å². The van der Waals surface area contributed by atoms with Crippen molar-refractivity contribution in [2.45, 2.75) is 40.2 Å². The van der Waals surface area contributed by atoms with Crippen LogP contribution in [0.1, 0.15) is 30.4 Å². The van der Waals surface area contributed by atoms with Gasteiger partial charge in [0.1, 0.15) is 12.4 Å². The van der Waals surface area contributed by atoms with E-state index in [9.17, 15) is 14.0 Å². The van der Waals surface area contributed by atoms with Gasteiger partial charge in [-0.05, 0) is 44.5 Å². The Morgan fingerprint density at radius 2 is 2.00 bits per heavy atom. The fraction of sp³-hybridized carbons (Fsp3) is 0.300. The molecule has 1 aromatic carbocycles. The van der Waals surface area contributed by atoms with Gasteiger partial charge in [0.25, 0.3) is 5.56 Å². The van der Waals surface area contributed by atoms with Crippen molar-refractivity contribution in [2.24, 2.45) is 0 Å². The largest absolute Gasteiger partial charge is 0.324 e. The highest BCUT2D eigenvalue weighted by atomic mass is 19.1. The molecule has 0 fully saturated rings. The molecular weight excluding hydrogens is 361 g/mol. The lowest BCUT2D eigenvalue weighted by molar-refractivity contribution is -0.116. The molecule has 2 heterocycles. The Balaban J connectivity index is 1.98. The topological polar surface area (TPSA) is 81.8 Å². The molecule has 3 aromatic rings. The minimum absolute atomic E-state index is 0.261. The van der Waals surface area contributed by atoms with Gasteiger partial charge in [0, 0.05) is 23.1 Å². The van der Waals surface area contributed by atoms with Crippen LogP contribution in [0.25, 0.3) is 5.95 Å². The molecule has 2 aromatic heterocycles. The van der Waals surface area contributed by atoms with Gasteiger partial charge >= 0.3 is 0 Å². The van der Waals surface area contributed by atoms with Crippen molar-refractivity contribution in [3.63, 3.8) is 0 Å². The van der Waals surface area contributed by atoms with E-state index in [0.717, 1.165) is 17.8 Å². The maximum atomic E-state index is 13.3. The molecular formula is C20H22FN5O2. The summed E-state index contributed by atoms with van der Waals surface area (Å²) in [5.74, 6) is -0.625. The molecule has 28 heavy (non-hydrogen) atoms. The van der Waals surface area contributed by atoms with Gasteiger partial charge in [0.15, 0.2) is 0 Å². The van der Waals surface area contributed by atoms with Crippen LogP contribution in [0.2, 0.25) is 0 Å². The molecule has 0 aliphatic heterocycles. The van der Waals surface area contributed by atoms with Crippen LogP contribution >= 0.6 is 0 Å². The van der Waals surface area contributed by atoms with E-state index < -0.39 is 11.7 Å². The van der Waals surface area contributed by atoms with E-state index in [-0.39, 0.29) is 18.1 Å². The lowest BCUT2D eigenvalue weighted by Crippen LogP contribution is -2.32. The van der Waals surface area contributed by atoms with Crippen molar-refractivity contribution >= 4 is 11.6 Å². The van der Waals surface area contributed by atoms with Crippen LogP contribution in [-0.4, -0.2) is 25.2 Å². The van der Waals surface area contributed by atoms with Gasteiger partial charge in [-0.1, -0.05) is 19.4 Å². The zero-order valence-corrected chi connectivity index (χ0v) is 16.1. The van der Waals surface area contributed by atoms with Crippen LogP contribution in [-0.2, 0) is 17.8 Å². The molecule has 0 atom stereocenters. The van der Waals surface area contributed by atoms with Gasteiger partial charge in [0.05, 0.1) is 5.69 Å². The second-order valence-electron chi connectivity index (χ2n) is 6.62. The fourth-order valence-electron chi connectivity index (χ4n) is 2.98. The van der Waals surface area contributed by atoms with Crippen LogP contribution in [0.4, 0.5) is 10.1 Å². The zero-order valence-electron chi connectivity index (χ0n) is 16.1. The third-order valence-corrected chi connectivity index (χ3v) is 4.16. The molecule has 7 nitrogen and oxygen atoms in total. The summed E-state index contributed by atoms with van der Waals surface area (Å²) in [6.45, 7) is 5.44. The highest BCUT2D eigenvalue weighted by molar-refractivity contribution is 5.90. The first-order valence-electron chi connectivity index (χ1n) is 9.07. The van der Waals surface area contributed by atoms with Crippen LogP contribution < -0.4 is 10.9 Å². The number of nitrogens with one attached hydrogen (secondary N) is 1. The molecule has 3 rings (SSSR count). The SMILES string of the molecule is CCCc1cc(=O)n(CC(=O)Nc2cccc(F)c2)c(-n2nc(C)cc2C)n1. The van der Waals surface area contributed by atoms with Crippen molar-refractivity contribution in [1.29, 1.82) is 0 Å². The molecule has 1 N–H and O–H groups in total. The molecule has 0 radical (unpaired) electrons. The molecule has 0 saturated heterocycles. The van der Waals surface area contributed by atoms with E-state index in [1.54, 1.807) is 10.7 Å². The maximum absolute atomic E-state index is 13.3. The van der Waals surface area contributed by atoms with E-state index in [1.807, 2.05) is 26.8 Å². The smallest absolute Gasteiger partial charge is 0.255 e. The number of hydrogen-bond donors (Lipinski definition) is 1. The van der Waals surface area contributed by atoms with E-state index in [2.05, 4.69) is 15.4 Å². The van der Waals surface area contributed by atoms with E-state index >= 15 is 0 Å². The Labute approximate surface area is 161 Å². The Kier molecular flexibility index (Phi) is 5.67. The third-order valence-electron chi connectivity index (χ3n) is 4.16. The predicted octanol–water partition coefficient (Wildman–Crippen LogP) is 2.78. The lowest BCUT2D eigenvalue weighted by Gasteiger charge is -2.14. The summed E-state index contributed by atoms with van der Waals surface area (Å²) in [5, 5.41) is 7.00. The normalized spacial score (nSPS) is 10.9. The first-order chi connectivity index (χ1) is 13.4. The van der Waals surface area contributed by atoms with E-state index in [1.165, 1.54) is 28.8 Å². The van der Waals surface area contributed by atoms with Crippen LogP contribution in [0.15, 0.2) is 41.2 Å². The summed E-state index contributed by atoms with van der Waals surface area (Å²) < 4.78 is 16.2. The quantitative estimate of drug-likeness (QED) is 0.710. The number of benzene rings is 1. The van der Waals surface area contributed by atoms with Gasteiger partial charge in [0.2, 0.25) is 11.9 Å². The van der Waals surface area contributed by atoms with Gasteiger partial charge in [-0.3, -0.25) is 14.2 Å². The van der Waals surface area contributed by atoms with Crippen LogP contribution in [0.5, 0.6) is 0 Å². The monoisotopic (exact) mass is 383 g/mol. The van der Waals surface area contributed by atoms with Gasteiger partial charge in [-0.25, -0.2) is 14.1 Å². The molecule has 0 spiro atoms. The zero-order chi connectivity index (χ0) is 20.3. The first-order valence-corrected chi connectivity index (χ1v) is 9.07. The minimum atomic E-state index is -0.458. The number of amides is 1. The number of carbonyl (C=O) groups excluding carboxylic acids is 1. The Morgan fingerprint density at radius 3 is 2.64 bits per heavy atom. The molecule has 146 valence electrons. The molecule has 0 aliphatic rings. The van der Waals surface area contributed by atoms with Crippen LogP contribution in [0.3, 0.4) is 0 Å². The molecule has 0 unspecified atom stereocenters. The summed E-state index contributed by atoms with van der Waals surface area (Å²) in [4.78, 5) is 29.8. The number of hydrogen-bond acceptors (Lipinski definition) is 4. The van der Waals surface area contributed by atoms with Crippen molar-refractivity contribution in [2.75, 3.05) is 5.32 Å². The maximum Gasteiger partial charge on any atom is 0.255 e. The highest BCUT2D eigenvalue weighted by Crippen LogP contribution is 2.12. The number of halogens is 1. The lowest BCUT2D eigenvalue weighted by atomic mass is 10.2. The van der Waals surface area contributed by atoms with Gasteiger partial charge < -0.3 is 5.32 Å². The summed E-state index contributed by atoms with van der Waals surface area (Å²) in [6.07, 6.45) is 1.49. The van der Waals surface area contributed by atoms with Crippen molar-refractivity contribution in [1.82, 2.24) is 19.3 Å². The number of aryl methyl sites for hydroxylation is 3. The molecule has 0 bridgehead atoms. The number of rotatable bonds is 6. The minimum Gasteiger partial charge on any atom is -0.324 e. The molecule has 0 saturated carbocycles. The predicted molar refractivity (Wildman–Crippen MR) is 104 cm³/mol. The summed E-state index contributed by atoms with van der Waals surface area (Å²) >= 11 is 0. The Hall–Kier alpha value is -3.29.